The Hall–Kier alpha value is -3.94. The van der Waals surface area contributed by atoms with Crippen molar-refractivity contribution in [3.05, 3.63) is 83.9 Å². The summed E-state index contributed by atoms with van der Waals surface area (Å²) in [5.41, 5.74) is 2.63. The third-order valence-electron chi connectivity index (χ3n) is 4.13. The summed E-state index contributed by atoms with van der Waals surface area (Å²) in [6, 6.07) is 19.1. The second kappa shape index (κ2) is 9.71. The highest BCUT2D eigenvalue weighted by Crippen LogP contribution is 2.24. The molecule has 3 rings (SSSR count). The van der Waals surface area contributed by atoms with Gasteiger partial charge in [0.2, 0.25) is 0 Å². The van der Waals surface area contributed by atoms with Gasteiger partial charge in [0.15, 0.2) is 0 Å². The summed E-state index contributed by atoms with van der Waals surface area (Å²) < 4.78 is 45.6. The largest absolute Gasteiger partial charge is 0.573 e. The predicted octanol–water partition coefficient (Wildman–Crippen LogP) is 6.41. The van der Waals surface area contributed by atoms with Crippen molar-refractivity contribution >= 4 is 29.6 Å². The average Bonchev–Trinajstić information content (AvgIpc) is 2.74. The molecule has 0 bridgehead atoms. The Labute approximate surface area is 177 Å². The molecule has 0 aliphatic heterocycles. The van der Waals surface area contributed by atoms with Crippen LogP contribution in [0.15, 0.2) is 72.8 Å². The number of carbonyl (C=O) groups excluding carboxylic acids is 1. The van der Waals surface area contributed by atoms with Crippen molar-refractivity contribution in [1.29, 1.82) is 0 Å². The van der Waals surface area contributed by atoms with E-state index in [0.29, 0.717) is 11.4 Å². The third-order valence-corrected chi connectivity index (χ3v) is 4.13. The number of nitrogens with one attached hydrogen (secondary N) is 2. The number of benzene rings is 3. The maximum atomic E-state index is 12.3. The molecule has 0 heterocycles. The van der Waals surface area contributed by atoms with Gasteiger partial charge in [-0.15, -0.1) is 13.2 Å². The Morgan fingerprint density at radius 1 is 0.839 bits per heavy atom. The Balaban J connectivity index is 1.64. The molecule has 0 aliphatic carbocycles. The Morgan fingerprint density at radius 2 is 1.48 bits per heavy atom. The summed E-state index contributed by atoms with van der Waals surface area (Å²) in [5, 5.41) is 5.30. The Bertz CT molecular complexity index is 1050. The highest BCUT2D eigenvalue weighted by Gasteiger charge is 2.30. The van der Waals surface area contributed by atoms with Gasteiger partial charge >= 0.3 is 12.4 Å². The number of hydrogen-bond acceptors (Lipinski definition) is 3. The summed E-state index contributed by atoms with van der Waals surface area (Å²) in [6.45, 7) is 0. The minimum atomic E-state index is -4.77. The number of alkyl halides is 3. The first-order chi connectivity index (χ1) is 14.8. The van der Waals surface area contributed by atoms with Crippen molar-refractivity contribution in [2.45, 2.75) is 6.36 Å². The summed E-state index contributed by atoms with van der Waals surface area (Å²) >= 11 is 0. The van der Waals surface area contributed by atoms with Gasteiger partial charge in [0.05, 0.1) is 7.11 Å². The predicted molar refractivity (Wildman–Crippen MR) is 114 cm³/mol. The molecule has 0 fully saturated rings. The number of rotatable bonds is 6. The van der Waals surface area contributed by atoms with Crippen LogP contribution in [0.2, 0.25) is 0 Å². The Morgan fingerprint density at radius 3 is 2.13 bits per heavy atom. The lowest BCUT2D eigenvalue weighted by atomic mass is 10.1. The molecule has 2 amide bonds. The number of hydrogen-bond donors (Lipinski definition) is 2. The fourth-order valence-electron chi connectivity index (χ4n) is 2.68. The van der Waals surface area contributed by atoms with Gasteiger partial charge in [0.1, 0.15) is 11.5 Å². The zero-order valence-electron chi connectivity index (χ0n) is 16.4. The number of anilines is 2. The smallest absolute Gasteiger partial charge is 0.497 e. The normalized spacial score (nSPS) is 11.2. The number of ether oxygens (including phenoxy) is 2. The van der Waals surface area contributed by atoms with E-state index < -0.39 is 12.4 Å². The highest BCUT2D eigenvalue weighted by atomic mass is 19.4. The number of carbonyl (C=O) groups is 1. The average molecular weight is 428 g/mol. The number of urea groups is 1. The van der Waals surface area contributed by atoms with Crippen molar-refractivity contribution < 1.29 is 27.4 Å². The molecular weight excluding hydrogens is 409 g/mol. The van der Waals surface area contributed by atoms with Gasteiger partial charge in [-0.1, -0.05) is 42.5 Å². The molecule has 5 nitrogen and oxygen atoms in total. The first-order valence-corrected chi connectivity index (χ1v) is 9.17. The minimum absolute atomic E-state index is 0.318. The van der Waals surface area contributed by atoms with Crippen LogP contribution >= 0.6 is 0 Å². The van der Waals surface area contributed by atoms with Gasteiger partial charge in [0, 0.05) is 11.4 Å². The van der Waals surface area contributed by atoms with Gasteiger partial charge in [-0.05, 0) is 53.6 Å². The maximum Gasteiger partial charge on any atom is 0.573 e. The lowest BCUT2D eigenvalue weighted by molar-refractivity contribution is -0.274. The van der Waals surface area contributed by atoms with Crippen LogP contribution in [-0.2, 0) is 0 Å². The van der Waals surface area contributed by atoms with Crippen LogP contribution in [0.3, 0.4) is 0 Å². The van der Waals surface area contributed by atoms with Crippen LogP contribution in [0, 0.1) is 0 Å². The first kappa shape index (κ1) is 21.8. The van der Waals surface area contributed by atoms with E-state index in [4.69, 9.17) is 4.74 Å². The van der Waals surface area contributed by atoms with Gasteiger partial charge in [-0.25, -0.2) is 4.79 Å². The molecule has 0 aromatic heterocycles. The molecule has 0 saturated heterocycles. The van der Waals surface area contributed by atoms with E-state index in [9.17, 15) is 18.0 Å². The van der Waals surface area contributed by atoms with Gasteiger partial charge < -0.3 is 20.1 Å². The molecule has 3 aromatic rings. The molecule has 0 radical (unpaired) electrons. The van der Waals surface area contributed by atoms with Crippen LogP contribution in [0.1, 0.15) is 11.1 Å². The molecule has 0 aliphatic rings. The molecule has 0 spiro atoms. The monoisotopic (exact) mass is 428 g/mol. The van der Waals surface area contributed by atoms with Gasteiger partial charge in [0.25, 0.3) is 0 Å². The molecule has 0 saturated carbocycles. The number of methoxy groups -OCH3 is 1. The summed E-state index contributed by atoms with van der Waals surface area (Å²) in [4.78, 5) is 12.3. The fraction of sp³-hybridized carbons (Fsp3) is 0.0870. The van der Waals surface area contributed by atoms with Crippen molar-refractivity contribution in [2.24, 2.45) is 0 Å². The minimum Gasteiger partial charge on any atom is -0.497 e. The van der Waals surface area contributed by atoms with Gasteiger partial charge in [-0.3, -0.25) is 0 Å². The first-order valence-electron chi connectivity index (χ1n) is 9.17. The second-order valence-corrected chi connectivity index (χ2v) is 6.35. The summed E-state index contributed by atoms with van der Waals surface area (Å²) in [6.07, 6.45) is -1.01. The zero-order chi connectivity index (χ0) is 22.3. The topological polar surface area (TPSA) is 59.6 Å². The van der Waals surface area contributed by atoms with Crippen LogP contribution in [0.4, 0.5) is 29.3 Å². The number of amides is 2. The van der Waals surface area contributed by atoms with Crippen LogP contribution in [0.5, 0.6) is 11.5 Å². The van der Waals surface area contributed by atoms with Gasteiger partial charge in [-0.2, -0.15) is 0 Å². The van der Waals surface area contributed by atoms with Crippen LogP contribution < -0.4 is 20.1 Å². The van der Waals surface area contributed by atoms with Crippen molar-refractivity contribution in [3.63, 3.8) is 0 Å². The Kier molecular flexibility index (Phi) is 6.81. The standard InChI is InChI=1S/C23H19F3N2O3/c1-30-19-12-7-16(8-13-19)6-9-17-4-2-3-5-21(17)28-22(29)27-18-10-14-20(15-11-18)31-23(24,25)26/h2-15H,1H3,(H2,27,28,29)/b9-6+. The molecule has 2 N–H and O–H groups in total. The lowest BCUT2D eigenvalue weighted by Crippen LogP contribution is -2.20. The zero-order valence-corrected chi connectivity index (χ0v) is 16.4. The van der Waals surface area contributed by atoms with Crippen LogP contribution in [-0.4, -0.2) is 19.5 Å². The van der Waals surface area contributed by atoms with E-state index in [2.05, 4.69) is 15.4 Å². The fourth-order valence-corrected chi connectivity index (χ4v) is 2.68. The molecule has 0 atom stereocenters. The van der Waals surface area contributed by atoms with E-state index in [1.165, 1.54) is 12.1 Å². The second-order valence-electron chi connectivity index (χ2n) is 6.35. The molecule has 8 heteroatoms. The highest BCUT2D eigenvalue weighted by molar-refractivity contribution is 6.01. The van der Waals surface area contributed by atoms with E-state index in [-0.39, 0.29) is 5.75 Å². The summed E-state index contributed by atoms with van der Waals surface area (Å²) in [5.74, 6) is 0.390. The van der Waals surface area contributed by atoms with Crippen molar-refractivity contribution in [3.8, 4) is 11.5 Å². The summed E-state index contributed by atoms with van der Waals surface area (Å²) in [7, 11) is 1.60. The third kappa shape index (κ3) is 6.81. The van der Waals surface area contributed by atoms with Crippen LogP contribution in [0.25, 0.3) is 12.2 Å². The number of para-hydroxylation sites is 1. The van der Waals surface area contributed by atoms with E-state index in [0.717, 1.165) is 29.0 Å². The van der Waals surface area contributed by atoms with Crippen molar-refractivity contribution in [1.82, 2.24) is 0 Å². The maximum absolute atomic E-state index is 12.3. The quantitative estimate of drug-likeness (QED) is 0.446. The van der Waals surface area contributed by atoms with E-state index in [1.54, 1.807) is 19.2 Å². The lowest BCUT2D eigenvalue weighted by Gasteiger charge is -2.11. The van der Waals surface area contributed by atoms with Crippen molar-refractivity contribution in [2.75, 3.05) is 17.7 Å². The van der Waals surface area contributed by atoms with E-state index >= 15 is 0 Å². The SMILES string of the molecule is COc1ccc(/C=C/c2ccccc2NC(=O)Nc2ccc(OC(F)(F)F)cc2)cc1. The molecular formula is C23H19F3N2O3. The molecule has 3 aromatic carbocycles. The van der Waals surface area contributed by atoms with E-state index in [1.807, 2.05) is 48.6 Å². The molecule has 0 unspecified atom stereocenters. The molecule has 160 valence electrons. The molecule has 31 heavy (non-hydrogen) atoms. The number of halogens is 3.